The molecule has 0 saturated carbocycles. The van der Waals surface area contributed by atoms with Gasteiger partial charge in [-0.3, -0.25) is 9.69 Å². The number of carbonyl (C=O) groups is 1. The topological polar surface area (TPSA) is 32.3 Å². The predicted octanol–water partition coefficient (Wildman–Crippen LogP) is 4.75. The Kier molecular flexibility index (Phi) is 4.67. The van der Waals surface area contributed by atoms with Crippen molar-refractivity contribution in [3.8, 4) is 0 Å². The number of amides is 1. The van der Waals surface area contributed by atoms with Crippen molar-refractivity contribution in [1.29, 1.82) is 0 Å². The Morgan fingerprint density at radius 1 is 1.04 bits per heavy atom. The van der Waals surface area contributed by atoms with E-state index in [0.717, 1.165) is 41.4 Å². The van der Waals surface area contributed by atoms with Gasteiger partial charge in [0.2, 0.25) is 5.91 Å². The van der Waals surface area contributed by atoms with Gasteiger partial charge < -0.3 is 5.32 Å². The highest BCUT2D eigenvalue weighted by molar-refractivity contribution is 5.95. The number of nitrogens with one attached hydrogen (secondary N) is 1. The summed E-state index contributed by atoms with van der Waals surface area (Å²) in [6.07, 6.45) is 1.97. The van der Waals surface area contributed by atoms with Crippen molar-refractivity contribution in [2.45, 2.75) is 18.9 Å². The van der Waals surface area contributed by atoms with Crippen molar-refractivity contribution in [1.82, 2.24) is 4.90 Å². The lowest BCUT2D eigenvalue weighted by molar-refractivity contribution is -0.117. The molecule has 0 unspecified atom stereocenters. The highest BCUT2D eigenvalue weighted by atomic mass is 19.1. The second-order valence-electron chi connectivity index (χ2n) is 6.79. The summed E-state index contributed by atoms with van der Waals surface area (Å²) in [5, 5.41) is 5.24. The fourth-order valence-corrected chi connectivity index (χ4v) is 3.76. The van der Waals surface area contributed by atoms with Crippen LogP contribution in [0.4, 0.5) is 10.1 Å². The first-order chi connectivity index (χ1) is 12.7. The van der Waals surface area contributed by atoms with Crippen molar-refractivity contribution < 1.29 is 9.18 Å². The maximum absolute atomic E-state index is 13.5. The summed E-state index contributed by atoms with van der Waals surface area (Å²) in [4.78, 5) is 14.7. The first-order valence-corrected chi connectivity index (χ1v) is 8.97. The predicted molar refractivity (Wildman–Crippen MR) is 103 cm³/mol. The minimum atomic E-state index is -0.227. The minimum Gasteiger partial charge on any atom is -0.325 e. The van der Waals surface area contributed by atoms with Gasteiger partial charge in [-0.05, 0) is 60.0 Å². The van der Waals surface area contributed by atoms with Gasteiger partial charge in [-0.15, -0.1) is 0 Å². The third kappa shape index (κ3) is 3.60. The molecule has 0 spiro atoms. The summed E-state index contributed by atoms with van der Waals surface area (Å²) in [5.74, 6) is -0.265. The van der Waals surface area contributed by atoms with Gasteiger partial charge in [0.25, 0.3) is 0 Å². The molecular formula is C22H21FN2O. The highest BCUT2D eigenvalue weighted by Crippen LogP contribution is 2.31. The fourth-order valence-electron chi connectivity index (χ4n) is 3.76. The number of anilines is 1. The third-order valence-corrected chi connectivity index (χ3v) is 4.98. The van der Waals surface area contributed by atoms with Crippen LogP contribution >= 0.6 is 0 Å². The Morgan fingerprint density at radius 3 is 2.73 bits per heavy atom. The standard InChI is InChI=1S/C22H21FN2O/c23-19-8-3-7-18(13-19)21-9-4-12-25(21)15-22(26)24-20-11-10-16-5-1-2-6-17(16)14-20/h1-3,5-8,10-11,13-14,21H,4,9,12,15H2,(H,24,26)/t21-/m0/s1. The molecule has 0 aliphatic carbocycles. The molecule has 1 aliphatic heterocycles. The summed E-state index contributed by atoms with van der Waals surface area (Å²) < 4.78 is 13.5. The largest absolute Gasteiger partial charge is 0.325 e. The van der Waals surface area contributed by atoms with E-state index in [1.807, 2.05) is 42.5 Å². The number of hydrogen-bond donors (Lipinski definition) is 1. The maximum atomic E-state index is 13.5. The molecule has 3 nitrogen and oxygen atoms in total. The molecule has 3 aromatic rings. The normalized spacial score (nSPS) is 17.5. The number of nitrogens with zero attached hydrogens (tertiary/aromatic N) is 1. The molecule has 132 valence electrons. The van der Waals surface area contributed by atoms with Crippen molar-refractivity contribution in [3.63, 3.8) is 0 Å². The lowest BCUT2D eigenvalue weighted by atomic mass is 10.0. The number of benzene rings is 3. The molecule has 0 bridgehead atoms. The summed E-state index contributed by atoms with van der Waals surface area (Å²) in [6.45, 7) is 1.17. The molecule has 1 fully saturated rings. The third-order valence-electron chi connectivity index (χ3n) is 4.98. The quantitative estimate of drug-likeness (QED) is 0.738. The molecule has 1 heterocycles. The minimum absolute atomic E-state index is 0.0383. The molecule has 0 radical (unpaired) electrons. The summed E-state index contributed by atoms with van der Waals surface area (Å²) in [5.41, 5.74) is 1.75. The van der Waals surface area contributed by atoms with Crippen LogP contribution in [0.3, 0.4) is 0 Å². The van der Waals surface area contributed by atoms with Crippen LogP contribution in [0.15, 0.2) is 66.7 Å². The van der Waals surface area contributed by atoms with Crippen LogP contribution in [0.1, 0.15) is 24.4 Å². The average Bonchev–Trinajstić information content (AvgIpc) is 3.09. The molecule has 0 aromatic heterocycles. The molecule has 1 aliphatic rings. The van der Waals surface area contributed by atoms with Gasteiger partial charge in [-0.1, -0.05) is 42.5 Å². The molecule has 3 aromatic carbocycles. The highest BCUT2D eigenvalue weighted by Gasteiger charge is 2.27. The zero-order valence-corrected chi connectivity index (χ0v) is 14.5. The lowest BCUT2D eigenvalue weighted by Gasteiger charge is -2.24. The van der Waals surface area contributed by atoms with Gasteiger partial charge in [0.15, 0.2) is 0 Å². The maximum Gasteiger partial charge on any atom is 0.238 e. The van der Waals surface area contributed by atoms with Gasteiger partial charge in [0.05, 0.1) is 6.54 Å². The molecule has 1 saturated heterocycles. The Morgan fingerprint density at radius 2 is 1.88 bits per heavy atom. The molecular weight excluding hydrogens is 327 g/mol. The molecule has 1 amide bonds. The number of carbonyl (C=O) groups excluding carboxylic acids is 1. The van der Waals surface area contributed by atoms with E-state index >= 15 is 0 Å². The summed E-state index contributed by atoms with van der Waals surface area (Å²) in [7, 11) is 0. The van der Waals surface area contributed by atoms with E-state index in [4.69, 9.17) is 0 Å². The Labute approximate surface area is 152 Å². The van der Waals surface area contributed by atoms with Crippen LogP contribution in [0.2, 0.25) is 0 Å². The van der Waals surface area contributed by atoms with E-state index < -0.39 is 0 Å². The molecule has 4 rings (SSSR count). The van der Waals surface area contributed by atoms with Crippen LogP contribution in [0.5, 0.6) is 0 Å². The van der Waals surface area contributed by atoms with E-state index in [-0.39, 0.29) is 17.8 Å². The first kappa shape index (κ1) is 16.7. The van der Waals surface area contributed by atoms with Crippen LogP contribution in [-0.4, -0.2) is 23.9 Å². The smallest absolute Gasteiger partial charge is 0.238 e. The second kappa shape index (κ2) is 7.26. The van der Waals surface area contributed by atoms with Crippen LogP contribution in [0.25, 0.3) is 10.8 Å². The van der Waals surface area contributed by atoms with Crippen molar-refractivity contribution in [2.24, 2.45) is 0 Å². The summed E-state index contributed by atoms with van der Waals surface area (Å²) >= 11 is 0. The Balaban J connectivity index is 1.44. The molecule has 26 heavy (non-hydrogen) atoms. The van der Waals surface area contributed by atoms with E-state index in [0.29, 0.717) is 6.54 Å². The van der Waals surface area contributed by atoms with Gasteiger partial charge >= 0.3 is 0 Å². The van der Waals surface area contributed by atoms with Gasteiger partial charge in [0.1, 0.15) is 5.82 Å². The monoisotopic (exact) mass is 348 g/mol. The zero-order chi connectivity index (χ0) is 17.9. The van der Waals surface area contributed by atoms with E-state index in [2.05, 4.69) is 16.3 Å². The molecule has 1 N–H and O–H groups in total. The van der Waals surface area contributed by atoms with Crippen LogP contribution < -0.4 is 5.32 Å². The average molecular weight is 348 g/mol. The number of rotatable bonds is 4. The molecule has 4 heteroatoms. The van der Waals surface area contributed by atoms with Crippen molar-refractivity contribution in [3.05, 3.63) is 78.1 Å². The van der Waals surface area contributed by atoms with E-state index in [9.17, 15) is 9.18 Å². The van der Waals surface area contributed by atoms with E-state index in [1.165, 1.54) is 6.07 Å². The van der Waals surface area contributed by atoms with Crippen LogP contribution in [0, 0.1) is 5.82 Å². The number of likely N-dealkylation sites (tertiary alicyclic amines) is 1. The number of fused-ring (bicyclic) bond motifs is 1. The van der Waals surface area contributed by atoms with Crippen LogP contribution in [-0.2, 0) is 4.79 Å². The Bertz CT molecular complexity index is 940. The van der Waals surface area contributed by atoms with Gasteiger partial charge in [0, 0.05) is 11.7 Å². The zero-order valence-electron chi connectivity index (χ0n) is 14.5. The fraction of sp³-hybridized carbons (Fsp3) is 0.227. The van der Waals surface area contributed by atoms with E-state index in [1.54, 1.807) is 12.1 Å². The van der Waals surface area contributed by atoms with Gasteiger partial charge in [-0.25, -0.2) is 4.39 Å². The number of halogens is 1. The lowest BCUT2D eigenvalue weighted by Crippen LogP contribution is -2.33. The van der Waals surface area contributed by atoms with Crippen molar-refractivity contribution in [2.75, 3.05) is 18.4 Å². The van der Waals surface area contributed by atoms with Gasteiger partial charge in [-0.2, -0.15) is 0 Å². The number of hydrogen-bond acceptors (Lipinski definition) is 2. The first-order valence-electron chi connectivity index (χ1n) is 8.97. The van der Waals surface area contributed by atoms with Crippen molar-refractivity contribution >= 4 is 22.4 Å². The second-order valence-corrected chi connectivity index (χ2v) is 6.79. The molecule has 1 atom stereocenters. The SMILES string of the molecule is O=C(CN1CCC[C@H]1c1cccc(F)c1)Nc1ccc2ccccc2c1. The Hall–Kier alpha value is -2.72. The summed E-state index contributed by atoms with van der Waals surface area (Å²) in [6, 6.07) is 20.8.